The van der Waals surface area contributed by atoms with E-state index in [1.54, 1.807) is 0 Å². The van der Waals surface area contributed by atoms with Crippen molar-refractivity contribution in [1.82, 2.24) is 9.47 Å². The third-order valence-corrected chi connectivity index (χ3v) is 4.56. The number of likely N-dealkylation sites (tertiary alicyclic amines) is 1. The molecule has 1 aliphatic heterocycles. The molecule has 2 aromatic rings. The van der Waals surface area contributed by atoms with Gasteiger partial charge in [0, 0.05) is 34.7 Å². The SMILES string of the molecule is Brc1cccc2c1ccn2CCN1CCCCC1. The van der Waals surface area contributed by atoms with Crippen LogP contribution >= 0.6 is 15.9 Å². The summed E-state index contributed by atoms with van der Waals surface area (Å²) < 4.78 is 3.56. The molecule has 0 radical (unpaired) electrons. The Hall–Kier alpha value is -0.800. The second-order valence-electron chi connectivity index (χ2n) is 5.08. The molecule has 0 atom stereocenters. The summed E-state index contributed by atoms with van der Waals surface area (Å²) in [5, 5.41) is 1.32. The highest BCUT2D eigenvalue weighted by Gasteiger charge is 2.10. The maximum atomic E-state index is 3.61. The van der Waals surface area contributed by atoms with Crippen LogP contribution in [-0.4, -0.2) is 29.1 Å². The van der Waals surface area contributed by atoms with Crippen molar-refractivity contribution in [2.75, 3.05) is 19.6 Å². The first-order valence-corrected chi connectivity index (χ1v) is 7.59. The zero-order valence-corrected chi connectivity index (χ0v) is 12.2. The third kappa shape index (κ3) is 2.47. The van der Waals surface area contributed by atoms with Gasteiger partial charge in [0.15, 0.2) is 0 Å². The second-order valence-corrected chi connectivity index (χ2v) is 5.94. The van der Waals surface area contributed by atoms with Gasteiger partial charge in [0.2, 0.25) is 0 Å². The van der Waals surface area contributed by atoms with Crippen LogP contribution in [-0.2, 0) is 6.54 Å². The predicted molar refractivity (Wildman–Crippen MR) is 79.9 cm³/mol. The van der Waals surface area contributed by atoms with E-state index in [-0.39, 0.29) is 0 Å². The second kappa shape index (κ2) is 5.45. The van der Waals surface area contributed by atoms with Crippen LogP contribution in [0.3, 0.4) is 0 Å². The van der Waals surface area contributed by atoms with Crippen molar-refractivity contribution in [1.29, 1.82) is 0 Å². The minimum Gasteiger partial charge on any atom is -0.346 e. The van der Waals surface area contributed by atoms with Gasteiger partial charge in [0.25, 0.3) is 0 Å². The molecule has 0 saturated carbocycles. The average Bonchev–Trinajstić information content (AvgIpc) is 2.82. The summed E-state index contributed by atoms with van der Waals surface area (Å²) in [4.78, 5) is 2.59. The summed E-state index contributed by atoms with van der Waals surface area (Å²) in [6.07, 6.45) is 6.37. The summed E-state index contributed by atoms with van der Waals surface area (Å²) in [5.74, 6) is 0. The maximum Gasteiger partial charge on any atom is 0.0492 e. The molecule has 2 nitrogen and oxygen atoms in total. The molecule has 18 heavy (non-hydrogen) atoms. The number of aromatic nitrogens is 1. The standard InChI is InChI=1S/C15H19BrN2/c16-14-5-4-6-15-13(14)7-10-18(15)12-11-17-8-2-1-3-9-17/h4-7,10H,1-3,8-9,11-12H2. The topological polar surface area (TPSA) is 8.17 Å². The molecule has 0 unspecified atom stereocenters. The molecule has 1 aliphatic rings. The number of piperidine rings is 1. The number of hydrogen-bond donors (Lipinski definition) is 0. The molecule has 1 fully saturated rings. The van der Waals surface area contributed by atoms with Gasteiger partial charge < -0.3 is 9.47 Å². The first-order valence-electron chi connectivity index (χ1n) is 6.80. The molecule has 96 valence electrons. The maximum absolute atomic E-state index is 3.61. The van der Waals surface area contributed by atoms with Crippen molar-refractivity contribution < 1.29 is 0 Å². The average molecular weight is 307 g/mol. The number of nitrogens with zero attached hydrogens (tertiary/aromatic N) is 2. The van der Waals surface area contributed by atoms with E-state index in [0.29, 0.717) is 0 Å². The molecule has 1 saturated heterocycles. The molecule has 3 heteroatoms. The van der Waals surface area contributed by atoms with Crippen LogP contribution < -0.4 is 0 Å². The number of halogens is 1. The third-order valence-electron chi connectivity index (χ3n) is 3.87. The van der Waals surface area contributed by atoms with E-state index in [0.717, 1.165) is 6.54 Å². The number of rotatable bonds is 3. The van der Waals surface area contributed by atoms with Crippen LogP contribution in [0.4, 0.5) is 0 Å². The Morgan fingerprint density at radius 2 is 1.83 bits per heavy atom. The quantitative estimate of drug-likeness (QED) is 0.835. The summed E-state index contributed by atoms with van der Waals surface area (Å²) in [5.41, 5.74) is 1.33. The Balaban J connectivity index is 1.72. The Morgan fingerprint density at radius 3 is 2.67 bits per heavy atom. The lowest BCUT2D eigenvalue weighted by Crippen LogP contribution is -2.32. The highest BCUT2D eigenvalue weighted by Crippen LogP contribution is 2.24. The van der Waals surface area contributed by atoms with Crippen molar-refractivity contribution in [2.45, 2.75) is 25.8 Å². The summed E-state index contributed by atoms with van der Waals surface area (Å²) in [7, 11) is 0. The molecule has 0 N–H and O–H groups in total. The van der Waals surface area contributed by atoms with Gasteiger partial charge in [-0.25, -0.2) is 0 Å². The van der Waals surface area contributed by atoms with Gasteiger partial charge in [0.05, 0.1) is 0 Å². The molecule has 1 aromatic heterocycles. The van der Waals surface area contributed by atoms with Gasteiger partial charge in [-0.1, -0.05) is 28.4 Å². The Labute approximate surface area is 117 Å². The van der Waals surface area contributed by atoms with E-state index in [4.69, 9.17) is 0 Å². The monoisotopic (exact) mass is 306 g/mol. The molecule has 0 aliphatic carbocycles. The Kier molecular flexibility index (Phi) is 3.71. The molecule has 0 spiro atoms. The van der Waals surface area contributed by atoms with Crippen LogP contribution in [0.5, 0.6) is 0 Å². The molecular weight excluding hydrogens is 288 g/mol. The van der Waals surface area contributed by atoms with E-state index in [2.05, 4.69) is 55.9 Å². The zero-order chi connectivity index (χ0) is 12.4. The van der Waals surface area contributed by atoms with Crippen LogP contribution in [0.15, 0.2) is 34.9 Å². The van der Waals surface area contributed by atoms with E-state index in [9.17, 15) is 0 Å². The van der Waals surface area contributed by atoms with Crippen LogP contribution in [0.2, 0.25) is 0 Å². The van der Waals surface area contributed by atoms with Crippen LogP contribution in [0.1, 0.15) is 19.3 Å². The van der Waals surface area contributed by atoms with Crippen LogP contribution in [0.25, 0.3) is 10.9 Å². The van der Waals surface area contributed by atoms with Crippen molar-refractivity contribution >= 4 is 26.8 Å². The summed E-state index contributed by atoms with van der Waals surface area (Å²) in [6.45, 7) is 4.84. The van der Waals surface area contributed by atoms with Gasteiger partial charge in [-0.05, 0) is 44.1 Å². The largest absolute Gasteiger partial charge is 0.346 e. The van der Waals surface area contributed by atoms with Crippen molar-refractivity contribution in [2.24, 2.45) is 0 Å². The van der Waals surface area contributed by atoms with Gasteiger partial charge in [0.1, 0.15) is 0 Å². The Morgan fingerprint density at radius 1 is 1.00 bits per heavy atom. The predicted octanol–water partition coefficient (Wildman–Crippen LogP) is 3.89. The lowest BCUT2D eigenvalue weighted by Gasteiger charge is -2.26. The molecule has 1 aromatic carbocycles. The number of hydrogen-bond acceptors (Lipinski definition) is 1. The summed E-state index contributed by atoms with van der Waals surface area (Å²) >= 11 is 3.61. The van der Waals surface area contributed by atoms with E-state index in [1.165, 1.54) is 54.3 Å². The molecule has 0 bridgehead atoms. The van der Waals surface area contributed by atoms with Crippen molar-refractivity contribution in [3.05, 3.63) is 34.9 Å². The van der Waals surface area contributed by atoms with E-state index >= 15 is 0 Å². The highest BCUT2D eigenvalue weighted by molar-refractivity contribution is 9.10. The van der Waals surface area contributed by atoms with E-state index in [1.807, 2.05) is 0 Å². The minimum atomic E-state index is 1.10. The van der Waals surface area contributed by atoms with Gasteiger partial charge >= 0.3 is 0 Å². The Bertz CT molecular complexity index is 526. The normalized spacial score (nSPS) is 17.4. The van der Waals surface area contributed by atoms with Crippen molar-refractivity contribution in [3.8, 4) is 0 Å². The fourth-order valence-corrected chi connectivity index (χ4v) is 3.30. The lowest BCUT2D eigenvalue weighted by molar-refractivity contribution is 0.221. The molecular formula is C15H19BrN2. The first kappa shape index (κ1) is 12.2. The van der Waals surface area contributed by atoms with Gasteiger partial charge in [-0.3, -0.25) is 0 Å². The minimum absolute atomic E-state index is 1.10. The lowest BCUT2D eigenvalue weighted by atomic mass is 10.1. The number of benzene rings is 1. The highest BCUT2D eigenvalue weighted by atomic mass is 79.9. The van der Waals surface area contributed by atoms with Crippen LogP contribution in [0, 0.1) is 0 Å². The fourth-order valence-electron chi connectivity index (χ4n) is 2.81. The van der Waals surface area contributed by atoms with Gasteiger partial charge in [-0.2, -0.15) is 0 Å². The fraction of sp³-hybridized carbons (Fsp3) is 0.467. The molecule has 3 rings (SSSR count). The first-order chi connectivity index (χ1) is 8.84. The van der Waals surface area contributed by atoms with Gasteiger partial charge in [-0.15, -0.1) is 0 Å². The zero-order valence-electron chi connectivity index (χ0n) is 10.6. The van der Waals surface area contributed by atoms with E-state index < -0.39 is 0 Å². The smallest absolute Gasteiger partial charge is 0.0492 e. The van der Waals surface area contributed by atoms with Crippen molar-refractivity contribution in [3.63, 3.8) is 0 Å². The molecule has 2 heterocycles. The molecule has 0 amide bonds. The summed E-state index contributed by atoms with van der Waals surface area (Å²) in [6, 6.07) is 8.63. The number of fused-ring (bicyclic) bond motifs is 1.